The summed E-state index contributed by atoms with van der Waals surface area (Å²) in [6, 6.07) is 12.7. The van der Waals surface area contributed by atoms with Gasteiger partial charge >= 0.3 is 6.18 Å². The quantitative estimate of drug-likeness (QED) is 0.412. The Kier molecular flexibility index (Phi) is 5.50. The van der Waals surface area contributed by atoms with Crippen LogP contribution < -0.4 is 5.32 Å². The fourth-order valence-corrected chi connectivity index (χ4v) is 2.84. The number of anilines is 1. The van der Waals surface area contributed by atoms with Crippen LogP contribution in [0.4, 0.5) is 36.4 Å². The van der Waals surface area contributed by atoms with E-state index in [0.717, 1.165) is 10.8 Å². The molecule has 0 bridgehead atoms. The maximum Gasteiger partial charge on any atom is 0.422 e. The molecule has 9 heteroatoms. The van der Waals surface area contributed by atoms with E-state index < -0.39 is 46.6 Å². The average Bonchev–Trinajstić information content (AvgIpc) is 2.67. The summed E-state index contributed by atoms with van der Waals surface area (Å²) in [6.45, 7) is 0. The van der Waals surface area contributed by atoms with Crippen LogP contribution >= 0.6 is 0 Å². The lowest BCUT2D eigenvalue weighted by Crippen LogP contribution is -2.20. The minimum absolute atomic E-state index is 0.130. The van der Waals surface area contributed by atoms with Gasteiger partial charge in [-0.2, -0.15) is 13.2 Å². The highest BCUT2D eigenvalue weighted by atomic mass is 19.4. The molecule has 2 nitrogen and oxygen atoms in total. The van der Waals surface area contributed by atoms with Gasteiger partial charge in [-0.25, -0.2) is 17.6 Å². The first-order valence-corrected chi connectivity index (χ1v) is 8.30. The number of benzene rings is 3. The Hall–Kier alpha value is -3.10. The molecule has 0 atom stereocenters. The highest BCUT2D eigenvalue weighted by Gasteiger charge is 2.42. The summed E-state index contributed by atoms with van der Waals surface area (Å²) in [5.41, 5.74) is -3.58. The van der Waals surface area contributed by atoms with Crippen LogP contribution in [0, 0.1) is 23.3 Å². The lowest BCUT2D eigenvalue weighted by Gasteiger charge is -2.14. The van der Waals surface area contributed by atoms with E-state index in [1.54, 1.807) is 17.4 Å². The fraction of sp³-hybridized carbons (Fsp3) is 0.150. The Morgan fingerprint density at radius 3 is 2.00 bits per heavy atom. The van der Waals surface area contributed by atoms with Gasteiger partial charge in [0, 0.05) is 6.42 Å². The molecule has 0 aliphatic rings. The second kappa shape index (κ2) is 7.73. The standard InChI is InChI=1S/C20H12F7NO/c21-15-14(20(25,26)27)16(22)18(24)19(17(15)23)28-13(29)8-6-10-5-7-11-3-1-2-4-12(11)9-10/h1-5,7,9H,6,8H2,(H,28,29). The van der Waals surface area contributed by atoms with E-state index in [4.69, 9.17) is 0 Å². The zero-order chi connectivity index (χ0) is 21.3. The van der Waals surface area contributed by atoms with Gasteiger partial charge in [0.25, 0.3) is 0 Å². The summed E-state index contributed by atoms with van der Waals surface area (Å²) in [5, 5.41) is 3.47. The van der Waals surface area contributed by atoms with E-state index >= 15 is 0 Å². The van der Waals surface area contributed by atoms with E-state index in [-0.39, 0.29) is 12.8 Å². The Morgan fingerprint density at radius 2 is 1.41 bits per heavy atom. The van der Waals surface area contributed by atoms with Crippen molar-refractivity contribution in [3.8, 4) is 0 Å². The second-order valence-corrected chi connectivity index (χ2v) is 6.23. The van der Waals surface area contributed by atoms with E-state index in [0.29, 0.717) is 5.56 Å². The van der Waals surface area contributed by atoms with Gasteiger partial charge in [0.05, 0.1) is 0 Å². The lowest BCUT2D eigenvalue weighted by molar-refractivity contribution is -0.143. The lowest BCUT2D eigenvalue weighted by atomic mass is 10.0. The molecule has 3 aromatic rings. The topological polar surface area (TPSA) is 29.1 Å². The SMILES string of the molecule is O=C(CCc1ccc2ccccc2c1)Nc1c(F)c(F)c(C(F)(F)F)c(F)c1F. The molecular formula is C20H12F7NO. The molecule has 0 spiro atoms. The highest BCUT2D eigenvalue weighted by molar-refractivity contribution is 5.91. The molecule has 0 radical (unpaired) electrons. The molecule has 1 N–H and O–H groups in total. The zero-order valence-corrected chi connectivity index (χ0v) is 14.5. The minimum Gasteiger partial charge on any atom is -0.321 e. The number of nitrogens with one attached hydrogen (secondary N) is 1. The van der Waals surface area contributed by atoms with Crippen LogP contribution in [-0.4, -0.2) is 5.91 Å². The number of hydrogen-bond acceptors (Lipinski definition) is 1. The smallest absolute Gasteiger partial charge is 0.321 e. The monoisotopic (exact) mass is 415 g/mol. The third-order valence-electron chi connectivity index (χ3n) is 4.27. The van der Waals surface area contributed by atoms with Gasteiger partial charge in [-0.3, -0.25) is 4.79 Å². The molecule has 0 saturated heterocycles. The number of rotatable bonds is 4. The predicted molar refractivity (Wildman–Crippen MR) is 92.2 cm³/mol. The normalized spacial score (nSPS) is 11.7. The Bertz CT molecular complexity index is 1060. The largest absolute Gasteiger partial charge is 0.422 e. The van der Waals surface area contributed by atoms with Gasteiger partial charge in [0.2, 0.25) is 5.91 Å². The van der Waals surface area contributed by atoms with Crippen LogP contribution in [0.25, 0.3) is 10.8 Å². The average molecular weight is 415 g/mol. The first-order chi connectivity index (χ1) is 13.6. The van der Waals surface area contributed by atoms with Crippen molar-refractivity contribution in [2.45, 2.75) is 19.0 Å². The van der Waals surface area contributed by atoms with Crippen molar-refractivity contribution in [3.63, 3.8) is 0 Å². The molecule has 29 heavy (non-hydrogen) atoms. The van der Waals surface area contributed by atoms with Gasteiger partial charge in [-0.1, -0.05) is 42.5 Å². The van der Waals surface area contributed by atoms with Gasteiger partial charge in [0.15, 0.2) is 23.3 Å². The molecule has 3 aromatic carbocycles. The summed E-state index contributed by atoms with van der Waals surface area (Å²) in [6.07, 6.45) is -5.83. The minimum atomic E-state index is -5.64. The van der Waals surface area contributed by atoms with E-state index in [2.05, 4.69) is 0 Å². The van der Waals surface area contributed by atoms with Crippen molar-refractivity contribution in [2.75, 3.05) is 5.32 Å². The summed E-state index contributed by atoms with van der Waals surface area (Å²) >= 11 is 0. The van der Waals surface area contributed by atoms with Crippen LogP contribution in [0.15, 0.2) is 42.5 Å². The van der Waals surface area contributed by atoms with Crippen LogP contribution in [0.3, 0.4) is 0 Å². The number of hydrogen-bond donors (Lipinski definition) is 1. The molecule has 0 heterocycles. The van der Waals surface area contributed by atoms with E-state index in [1.165, 1.54) is 0 Å². The van der Waals surface area contributed by atoms with Crippen molar-refractivity contribution >= 4 is 22.4 Å². The van der Waals surface area contributed by atoms with Crippen molar-refractivity contribution in [1.29, 1.82) is 0 Å². The van der Waals surface area contributed by atoms with Crippen molar-refractivity contribution in [2.24, 2.45) is 0 Å². The number of amides is 1. The van der Waals surface area contributed by atoms with Crippen molar-refractivity contribution < 1.29 is 35.5 Å². The molecule has 0 fully saturated rings. The third-order valence-corrected chi connectivity index (χ3v) is 4.27. The number of carbonyl (C=O) groups excluding carboxylic acids is 1. The van der Waals surface area contributed by atoms with Gasteiger partial charge in [-0.15, -0.1) is 0 Å². The Balaban J connectivity index is 1.78. The van der Waals surface area contributed by atoms with Crippen LogP contribution in [0.2, 0.25) is 0 Å². The molecule has 0 aromatic heterocycles. The molecule has 3 rings (SSSR count). The third kappa shape index (κ3) is 4.18. The Labute approximate surface area is 160 Å². The second-order valence-electron chi connectivity index (χ2n) is 6.23. The number of aryl methyl sites for hydroxylation is 1. The number of halogens is 7. The predicted octanol–water partition coefficient (Wildman–Crippen LogP) is 5.99. The van der Waals surface area contributed by atoms with Crippen LogP contribution in [-0.2, 0) is 17.4 Å². The number of carbonyl (C=O) groups is 1. The Morgan fingerprint density at radius 1 is 0.828 bits per heavy atom. The van der Waals surface area contributed by atoms with Gasteiger partial charge in [0.1, 0.15) is 11.3 Å². The molecular weight excluding hydrogens is 403 g/mol. The molecule has 0 aliphatic heterocycles. The van der Waals surface area contributed by atoms with Crippen LogP contribution in [0.1, 0.15) is 17.5 Å². The number of alkyl halides is 3. The van der Waals surface area contributed by atoms with E-state index in [1.807, 2.05) is 30.3 Å². The maximum absolute atomic E-state index is 13.8. The zero-order valence-electron chi connectivity index (χ0n) is 14.5. The fourth-order valence-electron chi connectivity index (χ4n) is 2.84. The summed E-state index contributed by atoms with van der Waals surface area (Å²) in [7, 11) is 0. The molecule has 0 saturated carbocycles. The van der Waals surface area contributed by atoms with Crippen molar-refractivity contribution in [1.82, 2.24) is 0 Å². The van der Waals surface area contributed by atoms with Crippen LogP contribution in [0.5, 0.6) is 0 Å². The van der Waals surface area contributed by atoms with Crippen molar-refractivity contribution in [3.05, 3.63) is 76.9 Å². The summed E-state index contributed by atoms with van der Waals surface area (Å²) in [4.78, 5) is 11.9. The highest BCUT2D eigenvalue weighted by Crippen LogP contribution is 2.38. The van der Waals surface area contributed by atoms with E-state index in [9.17, 15) is 35.5 Å². The summed E-state index contributed by atoms with van der Waals surface area (Å²) < 4.78 is 92.6. The summed E-state index contributed by atoms with van der Waals surface area (Å²) in [5.74, 6) is -10.9. The van der Waals surface area contributed by atoms with Gasteiger partial charge in [-0.05, 0) is 22.8 Å². The number of fused-ring (bicyclic) bond motifs is 1. The molecule has 0 aliphatic carbocycles. The van der Waals surface area contributed by atoms with Gasteiger partial charge < -0.3 is 5.32 Å². The first-order valence-electron chi connectivity index (χ1n) is 8.30. The molecule has 0 unspecified atom stereocenters. The maximum atomic E-state index is 13.8. The molecule has 152 valence electrons. The molecule has 1 amide bonds. The first kappa shape index (κ1) is 20.6.